The topological polar surface area (TPSA) is 181 Å². The molecule has 0 saturated carbocycles. The van der Waals surface area contributed by atoms with E-state index in [2.05, 4.69) is 0 Å². The van der Waals surface area contributed by atoms with Gasteiger partial charge in [-0.2, -0.15) is 0 Å². The molecule has 0 aliphatic carbocycles. The molecule has 0 aromatic rings. The van der Waals surface area contributed by atoms with Crippen molar-refractivity contribution in [3.8, 4) is 0 Å². The van der Waals surface area contributed by atoms with Crippen molar-refractivity contribution in [2.75, 3.05) is 0 Å². The van der Waals surface area contributed by atoms with Crippen molar-refractivity contribution in [2.45, 2.75) is 0 Å². The molecule has 0 fully saturated rings. The third-order valence-electron chi connectivity index (χ3n) is 0.238. The van der Waals surface area contributed by atoms with E-state index >= 15 is 0 Å². The summed E-state index contributed by atoms with van der Waals surface area (Å²) in [6.07, 6.45) is 0. The first-order valence-corrected chi connectivity index (χ1v) is 5.07. The average Bonchev–Trinajstić information content (AvgIpc) is 1.55. The van der Waals surface area contributed by atoms with E-state index in [-0.39, 0.29) is 88.7 Å². The molecule has 0 aromatic heterocycles. The smallest absolute Gasteiger partial charge is 0.790 e. The van der Waals surface area contributed by atoms with Crippen molar-refractivity contribution in [2.24, 2.45) is 0 Å². The fraction of sp³-hybridized carbons (Fsp3) is 0. The Morgan fingerprint density at radius 3 is 1.00 bits per heavy atom. The van der Waals surface area contributed by atoms with Crippen LogP contribution in [0.3, 0.4) is 0 Å². The molecule has 9 nitrogen and oxygen atoms in total. The molecule has 74 valence electrons. The van der Waals surface area contributed by atoms with E-state index < -0.39 is 21.1 Å². The standard InChI is InChI=1S/CH3O5P.3Na.H3O4P/c2-1(3)7(4,5)6;;;;1-5(2,3)4/h(H,2,3)(H2,4,5,6);;;;(H3,1,2,3,4)/q;3*+1;/p-3. The Bertz CT molecular complexity index is 231. The van der Waals surface area contributed by atoms with Gasteiger partial charge in [0.25, 0.3) is 0 Å². The van der Waals surface area contributed by atoms with Crippen molar-refractivity contribution in [3.63, 3.8) is 0 Å². The largest absolute Gasteiger partial charge is 1.00 e. The molecule has 15 heavy (non-hydrogen) atoms. The minimum absolute atomic E-state index is 0. The first kappa shape index (κ1) is 30.6. The number of rotatable bonds is 1. The second-order valence-electron chi connectivity index (χ2n) is 1.28. The SMILES string of the molecule is O=C([O-])P(=O)(O)O.O=P([O-])([O-])O.[Na+].[Na+].[Na+]. The first-order chi connectivity index (χ1) is 4.94. The molecule has 3 N–H and O–H groups in total. The van der Waals surface area contributed by atoms with Crippen LogP contribution in [0.1, 0.15) is 0 Å². The molecule has 0 unspecified atom stereocenters. The van der Waals surface area contributed by atoms with Crippen molar-refractivity contribution in [3.05, 3.63) is 0 Å². The van der Waals surface area contributed by atoms with Crippen molar-refractivity contribution < 1.29 is 132 Å². The molecule has 0 bridgehead atoms. The normalized spacial score (nSPS) is 9.13. The molecular weight excluding hydrogens is 287 g/mol. The van der Waals surface area contributed by atoms with E-state index in [1.807, 2.05) is 0 Å². The van der Waals surface area contributed by atoms with Gasteiger partial charge in [0.15, 0.2) is 5.71 Å². The molecular formula is CH3Na3O9P2. The number of hydrogen-bond acceptors (Lipinski definition) is 6. The second-order valence-corrected chi connectivity index (χ2v) is 3.67. The van der Waals surface area contributed by atoms with Crippen LogP contribution in [0, 0.1) is 0 Å². The Hall–Kier alpha value is 2.73. The summed E-state index contributed by atoms with van der Waals surface area (Å²) >= 11 is 0. The van der Waals surface area contributed by atoms with Gasteiger partial charge in [0, 0.05) is 0 Å². The summed E-state index contributed by atoms with van der Waals surface area (Å²) in [5.74, 6) is 0. The molecule has 0 atom stereocenters. The summed E-state index contributed by atoms with van der Waals surface area (Å²) in [4.78, 5) is 48.5. The molecule has 14 heteroatoms. The predicted octanol–water partition coefficient (Wildman–Crippen LogP) is -12.7. The number of hydrogen-bond donors (Lipinski definition) is 3. The van der Waals surface area contributed by atoms with E-state index in [4.69, 9.17) is 38.9 Å². The number of carbonyl (C=O) groups excluding carboxylic acids is 1. The maximum Gasteiger partial charge on any atom is 1.00 e. The molecule has 0 heterocycles. The van der Waals surface area contributed by atoms with Crippen LogP contribution in [0.2, 0.25) is 0 Å². The molecule has 0 rings (SSSR count). The van der Waals surface area contributed by atoms with Crippen LogP contribution in [0.4, 0.5) is 4.79 Å². The van der Waals surface area contributed by atoms with Crippen molar-refractivity contribution in [1.82, 2.24) is 0 Å². The van der Waals surface area contributed by atoms with Gasteiger partial charge in [0.05, 0.1) is 7.82 Å². The van der Waals surface area contributed by atoms with Gasteiger partial charge in [-0.25, -0.2) is 0 Å². The molecule has 0 aliphatic heterocycles. The molecule has 0 aliphatic rings. The summed E-state index contributed by atoms with van der Waals surface area (Å²) in [6.45, 7) is 0. The summed E-state index contributed by atoms with van der Waals surface area (Å²) in [7, 11) is -10.1. The van der Waals surface area contributed by atoms with Gasteiger partial charge in [-0.05, 0) is 0 Å². The van der Waals surface area contributed by atoms with E-state index in [0.717, 1.165) is 0 Å². The molecule has 0 spiro atoms. The third kappa shape index (κ3) is 47.6. The summed E-state index contributed by atoms with van der Waals surface area (Å²) < 4.78 is 18.0. The summed E-state index contributed by atoms with van der Waals surface area (Å²) in [5.41, 5.74) is -2.34. The van der Waals surface area contributed by atoms with E-state index in [0.29, 0.717) is 0 Å². The monoisotopic (exact) mass is 290 g/mol. The Balaban J connectivity index is -0.0000000383. The fourth-order valence-corrected chi connectivity index (χ4v) is 0. The Morgan fingerprint density at radius 2 is 1.00 bits per heavy atom. The van der Waals surface area contributed by atoms with Gasteiger partial charge in [-0.15, -0.1) is 0 Å². The van der Waals surface area contributed by atoms with Crippen LogP contribution < -0.4 is 104 Å². The van der Waals surface area contributed by atoms with Crippen LogP contribution in [0.25, 0.3) is 0 Å². The Labute approximate surface area is 151 Å². The zero-order valence-electron chi connectivity index (χ0n) is 8.19. The van der Waals surface area contributed by atoms with Gasteiger partial charge >= 0.3 is 96.3 Å². The molecule has 0 amide bonds. The number of carbonyl (C=O) groups is 1. The van der Waals surface area contributed by atoms with Gasteiger partial charge in [0.1, 0.15) is 0 Å². The molecule has 0 saturated heterocycles. The van der Waals surface area contributed by atoms with Crippen LogP contribution in [0.5, 0.6) is 0 Å². The van der Waals surface area contributed by atoms with Crippen LogP contribution in [-0.2, 0) is 9.13 Å². The minimum Gasteiger partial charge on any atom is -0.790 e. The Morgan fingerprint density at radius 1 is 0.933 bits per heavy atom. The molecule has 0 radical (unpaired) electrons. The van der Waals surface area contributed by atoms with E-state index in [1.54, 1.807) is 0 Å². The van der Waals surface area contributed by atoms with Crippen molar-refractivity contribution >= 4 is 21.1 Å². The Kier molecular flexibility index (Phi) is 26.9. The predicted molar refractivity (Wildman–Crippen MR) is 27.3 cm³/mol. The molecule has 0 aromatic carbocycles. The summed E-state index contributed by atoms with van der Waals surface area (Å²) in [6, 6.07) is 0. The quantitative estimate of drug-likeness (QED) is 0.312. The maximum absolute atomic E-state index is 9.36. The maximum atomic E-state index is 9.36. The van der Waals surface area contributed by atoms with Crippen LogP contribution >= 0.6 is 15.4 Å². The van der Waals surface area contributed by atoms with Crippen molar-refractivity contribution in [1.29, 1.82) is 0 Å². The van der Waals surface area contributed by atoms with Gasteiger partial charge in [-0.3, -0.25) is 4.57 Å². The second kappa shape index (κ2) is 13.2. The number of phosphoric acid groups is 1. The average molecular weight is 290 g/mol. The first-order valence-electron chi connectivity index (χ1n) is 1.96. The zero-order valence-corrected chi connectivity index (χ0v) is 16.0. The van der Waals surface area contributed by atoms with Crippen LogP contribution in [0.15, 0.2) is 0 Å². The third-order valence-corrected chi connectivity index (χ3v) is 0.714. The summed E-state index contributed by atoms with van der Waals surface area (Å²) in [5, 5.41) is 9.15. The fourth-order valence-electron chi connectivity index (χ4n) is 0. The number of carboxylic acid groups (broad SMARTS) is 1. The van der Waals surface area contributed by atoms with E-state index in [1.165, 1.54) is 0 Å². The van der Waals surface area contributed by atoms with Gasteiger partial charge in [0.2, 0.25) is 0 Å². The van der Waals surface area contributed by atoms with E-state index in [9.17, 15) is 4.57 Å². The van der Waals surface area contributed by atoms with Crippen LogP contribution in [-0.4, -0.2) is 20.4 Å². The van der Waals surface area contributed by atoms with Gasteiger partial charge < -0.3 is 38.9 Å². The minimum atomic E-state index is -5.14. The van der Waals surface area contributed by atoms with Gasteiger partial charge in [-0.1, -0.05) is 0 Å². The zero-order chi connectivity index (χ0) is 10.6.